The van der Waals surface area contributed by atoms with Gasteiger partial charge in [-0.1, -0.05) is 6.07 Å². The molecule has 5 nitrogen and oxygen atoms in total. The highest BCUT2D eigenvalue weighted by atomic mass is 16.4. The number of carboxylic acid groups (broad SMARTS) is 1. The van der Waals surface area contributed by atoms with Crippen molar-refractivity contribution >= 4 is 17.6 Å². The predicted molar refractivity (Wildman–Crippen MR) is 67.8 cm³/mol. The first-order chi connectivity index (χ1) is 8.58. The van der Waals surface area contributed by atoms with Gasteiger partial charge in [0.05, 0.1) is 11.6 Å². The lowest BCUT2D eigenvalue weighted by Crippen LogP contribution is -2.35. The molecule has 18 heavy (non-hydrogen) atoms. The summed E-state index contributed by atoms with van der Waals surface area (Å²) in [5.41, 5.74) is 1.59. The van der Waals surface area contributed by atoms with Gasteiger partial charge in [0.2, 0.25) is 5.91 Å². The molecular weight excluding hydrogens is 232 g/mol. The smallest absolute Gasteiger partial charge is 0.335 e. The van der Waals surface area contributed by atoms with Crippen LogP contribution in [-0.2, 0) is 4.79 Å². The number of nitrogens with one attached hydrogen (secondary N) is 2. The summed E-state index contributed by atoms with van der Waals surface area (Å²) in [4.78, 5) is 22.8. The second-order valence-electron chi connectivity index (χ2n) is 4.47. The van der Waals surface area contributed by atoms with Gasteiger partial charge >= 0.3 is 5.97 Å². The minimum Gasteiger partial charge on any atom is -0.478 e. The highest BCUT2D eigenvalue weighted by Gasteiger charge is 2.22. The van der Waals surface area contributed by atoms with Crippen LogP contribution in [-0.4, -0.2) is 29.6 Å². The Morgan fingerprint density at radius 3 is 2.83 bits per heavy atom. The van der Waals surface area contributed by atoms with Crippen molar-refractivity contribution in [3.63, 3.8) is 0 Å². The highest BCUT2D eigenvalue weighted by molar-refractivity contribution is 5.97. The molecular formula is C13H16N2O3. The molecule has 1 aliphatic rings. The van der Waals surface area contributed by atoms with Gasteiger partial charge in [-0.05, 0) is 44.0 Å². The molecule has 0 spiro atoms. The van der Waals surface area contributed by atoms with E-state index in [4.69, 9.17) is 5.11 Å². The van der Waals surface area contributed by atoms with Crippen molar-refractivity contribution in [1.82, 2.24) is 5.32 Å². The maximum Gasteiger partial charge on any atom is 0.335 e. The van der Waals surface area contributed by atoms with E-state index in [1.807, 2.05) is 6.92 Å². The van der Waals surface area contributed by atoms with Crippen molar-refractivity contribution in [2.75, 3.05) is 11.9 Å². The number of rotatable bonds is 3. The van der Waals surface area contributed by atoms with Crippen molar-refractivity contribution in [2.45, 2.75) is 25.8 Å². The normalized spacial score (nSPS) is 18.6. The molecule has 1 amide bonds. The average molecular weight is 248 g/mol. The van der Waals surface area contributed by atoms with Gasteiger partial charge in [-0.25, -0.2) is 4.79 Å². The number of amides is 1. The van der Waals surface area contributed by atoms with Gasteiger partial charge in [-0.3, -0.25) is 4.79 Å². The molecule has 1 unspecified atom stereocenters. The number of aryl methyl sites for hydroxylation is 1. The van der Waals surface area contributed by atoms with Crippen LogP contribution < -0.4 is 10.6 Å². The van der Waals surface area contributed by atoms with Crippen LogP contribution in [0.15, 0.2) is 18.2 Å². The zero-order valence-electron chi connectivity index (χ0n) is 10.2. The van der Waals surface area contributed by atoms with Crippen LogP contribution in [0.4, 0.5) is 5.69 Å². The maximum absolute atomic E-state index is 11.9. The fraction of sp³-hybridized carbons (Fsp3) is 0.385. The largest absolute Gasteiger partial charge is 0.478 e. The summed E-state index contributed by atoms with van der Waals surface area (Å²) in [6.07, 6.45) is 1.82. The van der Waals surface area contributed by atoms with Gasteiger partial charge in [-0.15, -0.1) is 0 Å². The second-order valence-corrected chi connectivity index (χ2v) is 4.47. The van der Waals surface area contributed by atoms with Gasteiger partial charge in [0.25, 0.3) is 0 Å². The molecule has 1 fully saturated rings. The van der Waals surface area contributed by atoms with Gasteiger partial charge in [0, 0.05) is 5.69 Å². The lowest BCUT2D eigenvalue weighted by atomic mass is 10.1. The van der Waals surface area contributed by atoms with E-state index < -0.39 is 5.97 Å². The van der Waals surface area contributed by atoms with E-state index in [0.29, 0.717) is 5.69 Å². The third kappa shape index (κ3) is 2.68. The Balaban J connectivity index is 2.14. The van der Waals surface area contributed by atoms with E-state index in [1.165, 1.54) is 12.1 Å². The molecule has 5 heteroatoms. The molecule has 3 N–H and O–H groups in total. The number of hydrogen-bond acceptors (Lipinski definition) is 3. The Morgan fingerprint density at radius 2 is 2.22 bits per heavy atom. The third-order valence-corrected chi connectivity index (χ3v) is 3.12. The van der Waals surface area contributed by atoms with Crippen molar-refractivity contribution in [2.24, 2.45) is 0 Å². The summed E-state index contributed by atoms with van der Waals surface area (Å²) in [5, 5.41) is 14.8. The number of carbonyl (C=O) groups excluding carboxylic acids is 1. The molecule has 0 aliphatic carbocycles. The molecule has 1 heterocycles. The summed E-state index contributed by atoms with van der Waals surface area (Å²) in [6, 6.07) is 4.55. The number of anilines is 1. The summed E-state index contributed by atoms with van der Waals surface area (Å²) in [7, 11) is 0. The van der Waals surface area contributed by atoms with Crippen LogP contribution in [0.5, 0.6) is 0 Å². The van der Waals surface area contributed by atoms with Crippen LogP contribution in [0.3, 0.4) is 0 Å². The number of carboxylic acids is 1. The van der Waals surface area contributed by atoms with Gasteiger partial charge in [-0.2, -0.15) is 0 Å². The molecule has 0 aromatic heterocycles. The van der Waals surface area contributed by atoms with Crippen LogP contribution in [0, 0.1) is 6.92 Å². The minimum atomic E-state index is -0.996. The Labute approximate surface area is 105 Å². The van der Waals surface area contributed by atoms with Crippen molar-refractivity contribution in [3.05, 3.63) is 29.3 Å². The molecule has 2 rings (SSSR count). The molecule has 1 aromatic carbocycles. The summed E-state index contributed by atoms with van der Waals surface area (Å²) >= 11 is 0. The third-order valence-electron chi connectivity index (χ3n) is 3.12. The van der Waals surface area contributed by atoms with E-state index in [0.717, 1.165) is 24.9 Å². The second kappa shape index (κ2) is 5.18. The van der Waals surface area contributed by atoms with Crippen molar-refractivity contribution < 1.29 is 14.7 Å². The quantitative estimate of drug-likeness (QED) is 0.755. The Morgan fingerprint density at radius 1 is 1.44 bits per heavy atom. The molecule has 1 atom stereocenters. The zero-order chi connectivity index (χ0) is 13.1. The molecule has 1 aliphatic heterocycles. The number of carbonyl (C=O) groups is 2. The maximum atomic E-state index is 11.9. The number of benzene rings is 1. The van der Waals surface area contributed by atoms with Crippen molar-refractivity contribution in [3.8, 4) is 0 Å². The first-order valence-corrected chi connectivity index (χ1v) is 5.96. The van der Waals surface area contributed by atoms with Crippen molar-refractivity contribution in [1.29, 1.82) is 0 Å². The monoisotopic (exact) mass is 248 g/mol. The molecule has 1 saturated heterocycles. The Bertz CT molecular complexity index is 479. The lowest BCUT2D eigenvalue weighted by Gasteiger charge is -2.13. The molecule has 0 radical (unpaired) electrons. The molecule has 1 aromatic rings. The van der Waals surface area contributed by atoms with E-state index in [1.54, 1.807) is 6.07 Å². The van der Waals surface area contributed by atoms with E-state index >= 15 is 0 Å². The molecule has 0 bridgehead atoms. The van der Waals surface area contributed by atoms with Gasteiger partial charge < -0.3 is 15.7 Å². The first-order valence-electron chi connectivity index (χ1n) is 5.96. The van der Waals surface area contributed by atoms with Crippen LogP contribution in [0.2, 0.25) is 0 Å². The average Bonchev–Trinajstić information content (AvgIpc) is 2.85. The van der Waals surface area contributed by atoms with E-state index in [2.05, 4.69) is 10.6 Å². The van der Waals surface area contributed by atoms with Crippen LogP contribution in [0.1, 0.15) is 28.8 Å². The standard InChI is InChI=1S/C13H16N2O3/c1-8-4-5-9(13(17)18)7-11(8)15-12(16)10-3-2-6-14-10/h4-5,7,10,14H,2-3,6H2,1H3,(H,15,16)(H,17,18). The SMILES string of the molecule is Cc1ccc(C(=O)O)cc1NC(=O)C1CCCN1. The number of hydrogen-bond donors (Lipinski definition) is 3. The summed E-state index contributed by atoms with van der Waals surface area (Å²) in [5.74, 6) is -1.09. The summed E-state index contributed by atoms with van der Waals surface area (Å²) < 4.78 is 0. The fourth-order valence-corrected chi connectivity index (χ4v) is 2.02. The topological polar surface area (TPSA) is 78.4 Å². The zero-order valence-corrected chi connectivity index (χ0v) is 10.2. The van der Waals surface area contributed by atoms with Crippen LogP contribution in [0.25, 0.3) is 0 Å². The van der Waals surface area contributed by atoms with Gasteiger partial charge in [0.1, 0.15) is 0 Å². The Kier molecular flexibility index (Phi) is 3.62. The molecule has 96 valence electrons. The first kappa shape index (κ1) is 12.6. The lowest BCUT2D eigenvalue weighted by molar-refractivity contribution is -0.117. The van der Waals surface area contributed by atoms with Crippen LogP contribution >= 0.6 is 0 Å². The highest BCUT2D eigenvalue weighted by Crippen LogP contribution is 2.18. The Hall–Kier alpha value is -1.88. The van der Waals surface area contributed by atoms with Gasteiger partial charge in [0.15, 0.2) is 0 Å². The minimum absolute atomic E-state index is 0.0989. The van der Waals surface area contributed by atoms with E-state index in [9.17, 15) is 9.59 Å². The summed E-state index contributed by atoms with van der Waals surface area (Å²) in [6.45, 7) is 2.69. The number of aromatic carboxylic acids is 1. The predicted octanol–water partition coefficient (Wildman–Crippen LogP) is 1.38. The van der Waals surface area contributed by atoms with E-state index in [-0.39, 0.29) is 17.5 Å². The molecule has 0 saturated carbocycles. The fourth-order valence-electron chi connectivity index (χ4n) is 2.02.